The Labute approximate surface area is 120 Å². The summed E-state index contributed by atoms with van der Waals surface area (Å²) in [6, 6.07) is 7.82. The minimum atomic E-state index is 0.105. The molecule has 0 radical (unpaired) electrons. The first-order valence-electron chi connectivity index (χ1n) is 7.12. The van der Waals surface area contributed by atoms with Crippen LogP contribution < -0.4 is 4.74 Å². The number of carbonyl (C=O) groups excluding carboxylic acids is 1. The van der Waals surface area contributed by atoms with Gasteiger partial charge in [-0.1, -0.05) is 5.92 Å². The average Bonchev–Trinajstić information content (AvgIpc) is 2.45. The highest BCUT2D eigenvalue weighted by Crippen LogP contribution is 2.25. The zero-order valence-electron chi connectivity index (χ0n) is 12.1. The van der Waals surface area contributed by atoms with Crippen LogP contribution in [0.15, 0.2) is 24.3 Å². The lowest BCUT2D eigenvalue weighted by Gasteiger charge is -2.39. The molecule has 1 saturated heterocycles. The van der Waals surface area contributed by atoms with Crippen LogP contribution in [0, 0.1) is 12.3 Å². The highest BCUT2D eigenvalue weighted by atomic mass is 16.5. The monoisotopic (exact) mass is 271 g/mol. The summed E-state index contributed by atoms with van der Waals surface area (Å²) in [6.07, 6.45) is 8.51. The van der Waals surface area contributed by atoms with E-state index in [1.165, 1.54) is 6.42 Å². The fourth-order valence-corrected chi connectivity index (χ4v) is 2.79. The van der Waals surface area contributed by atoms with E-state index in [4.69, 9.17) is 11.2 Å². The van der Waals surface area contributed by atoms with Gasteiger partial charge in [-0.2, -0.15) is 0 Å². The Morgan fingerprint density at radius 2 is 1.90 bits per heavy atom. The maximum absolute atomic E-state index is 12.6. The first-order valence-corrected chi connectivity index (χ1v) is 7.12. The minimum absolute atomic E-state index is 0.105. The number of hydrogen-bond acceptors (Lipinski definition) is 2. The zero-order valence-corrected chi connectivity index (χ0v) is 12.1. The van der Waals surface area contributed by atoms with Crippen molar-refractivity contribution in [2.45, 2.75) is 45.2 Å². The van der Waals surface area contributed by atoms with E-state index < -0.39 is 0 Å². The van der Waals surface area contributed by atoms with E-state index in [0.717, 1.165) is 12.8 Å². The van der Waals surface area contributed by atoms with Crippen molar-refractivity contribution in [1.82, 2.24) is 4.90 Å². The number of hydrogen-bond donors (Lipinski definition) is 0. The van der Waals surface area contributed by atoms with Crippen LogP contribution in [0.5, 0.6) is 5.75 Å². The van der Waals surface area contributed by atoms with Gasteiger partial charge in [0.15, 0.2) is 0 Å². The van der Waals surface area contributed by atoms with Crippen LogP contribution in [0.4, 0.5) is 0 Å². The molecule has 1 aromatic rings. The van der Waals surface area contributed by atoms with Crippen molar-refractivity contribution in [2.24, 2.45) is 0 Å². The molecule has 3 nitrogen and oxygen atoms in total. The third kappa shape index (κ3) is 3.14. The largest absolute Gasteiger partial charge is 0.481 e. The Morgan fingerprint density at radius 3 is 2.45 bits per heavy atom. The predicted molar refractivity (Wildman–Crippen MR) is 79.7 cm³/mol. The number of ether oxygens (including phenoxy) is 1. The topological polar surface area (TPSA) is 29.5 Å². The van der Waals surface area contributed by atoms with E-state index in [2.05, 4.69) is 19.8 Å². The van der Waals surface area contributed by atoms with Crippen LogP contribution in [-0.4, -0.2) is 29.5 Å². The summed E-state index contributed by atoms with van der Waals surface area (Å²) in [7, 11) is 0. The summed E-state index contributed by atoms with van der Waals surface area (Å²) in [6.45, 7) is 4.49. The van der Waals surface area contributed by atoms with Crippen LogP contribution >= 0.6 is 0 Å². The molecule has 2 atom stereocenters. The number of amides is 1. The molecule has 0 saturated carbocycles. The Balaban J connectivity index is 2.10. The summed E-state index contributed by atoms with van der Waals surface area (Å²) in [5, 5.41) is 0. The highest BCUT2D eigenvalue weighted by molar-refractivity contribution is 5.94. The molecule has 1 aromatic carbocycles. The molecule has 1 aliphatic rings. The van der Waals surface area contributed by atoms with Crippen molar-refractivity contribution in [2.75, 3.05) is 6.61 Å². The number of rotatable bonds is 3. The normalized spacial score (nSPS) is 22.1. The van der Waals surface area contributed by atoms with Gasteiger partial charge in [-0.15, -0.1) is 6.42 Å². The SMILES string of the molecule is C#CCOc1ccc(C(=O)N2C(C)CCCC2C)cc1. The van der Waals surface area contributed by atoms with E-state index in [9.17, 15) is 4.79 Å². The predicted octanol–water partition coefficient (Wildman–Crippen LogP) is 3.10. The highest BCUT2D eigenvalue weighted by Gasteiger charge is 2.29. The smallest absolute Gasteiger partial charge is 0.254 e. The van der Waals surface area contributed by atoms with Gasteiger partial charge in [0, 0.05) is 17.6 Å². The zero-order chi connectivity index (χ0) is 14.5. The standard InChI is InChI=1S/C17H21NO2/c1-4-12-20-16-10-8-15(9-11-16)17(19)18-13(2)6-5-7-14(18)3/h1,8-11,13-14H,5-7,12H2,2-3H3. The fourth-order valence-electron chi connectivity index (χ4n) is 2.79. The number of benzene rings is 1. The maximum Gasteiger partial charge on any atom is 0.254 e. The number of likely N-dealkylation sites (tertiary alicyclic amines) is 1. The van der Waals surface area contributed by atoms with Crippen molar-refractivity contribution in [3.05, 3.63) is 29.8 Å². The minimum Gasteiger partial charge on any atom is -0.481 e. The van der Waals surface area contributed by atoms with Crippen molar-refractivity contribution < 1.29 is 9.53 Å². The molecule has 1 aliphatic heterocycles. The second-order valence-corrected chi connectivity index (χ2v) is 5.36. The summed E-state index contributed by atoms with van der Waals surface area (Å²) in [5.41, 5.74) is 0.707. The van der Waals surface area contributed by atoms with Crippen molar-refractivity contribution in [1.29, 1.82) is 0 Å². The van der Waals surface area contributed by atoms with Gasteiger partial charge in [0.2, 0.25) is 0 Å². The summed E-state index contributed by atoms with van der Waals surface area (Å²) in [5.74, 6) is 3.22. The van der Waals surface area contributed by atoms with Gasteiger partial charge in [0.25, 0.3) is 5.91 Å². The fraction of sp³-hybridized carbons (Fsp3) is 0.471. The molecule has 20 heavy (non-hydrogen) atoms. The molecule has 0 bridgehead atoms. The van der Waals surface area contributed by atoms with E-state index in [1.807, 2.05) is 17.0 Å². The maximum atomic E-state index is 12.6. The van der Waals surface area contributed by atoms with E-state index in [1.54, 1.807) is 12.1 Å². The molecular formula is C17H21NO2. The lowest BCUT2D eigenvalue weighted by Crippen LogP contribution is -2.47. The van der Waals surface area contributed by atoms with Gasteiger partial charge in [0.1, 0.15) is 12.4 Å². The lowest BCUT2D eigenvalue weighted by atomic mass is 9.96. The molecule has 0 aliphatic carbocycles. The molecule has 0 N–H and O–H groups in total. The van der Waals surface area contributed by atoms with Crippen LogP contribution in [0.3, 0.4) is 0 Å². The number of carbonyl (C=O) groups is 1. The van der Waals surface area contributed by atoms with E-state index in [0.29, 0.717) is 23.4 Å². The van der Waals surface area contributed by atoms with Crippen LogP contribution in [0.2, 0.25) is 0 Å². The molecule has 1 fully saturated rings. The van der Waals surface area contributed by atoms with Gasteiger partial charge in [-0.3, -0.25) is 4.79 Å². The van der Waals surface area contributed by atoms with Gasteiger partial charge >= 0.3 is 0 Å². The molecule has 0 spiro atoms. The summed E-state index contributed by atoms with van der Waals surface area (Å²) < 4.78 is 5.32. The van der Waals surface area contributed by atoms with Crippen molar-refractivity contribution in [3.8, 4) is 18.1 Å². The van der Waals surface area contributed by atoms with Crippen LogP contribution in [0.25, 0.3) is 0 Å². The number of terminal acetylenes is 1. The first kappa shape index (κ1) is 14.5. The Kier molecular flexibility index (Phi) is 4.68. The third-order valence-electron chi connectivity index (χ3n) is 3.85. The lowest BCUT2D eigenvalue weighted by molar-refractivity contribution is 0.0511. The molecule has 106 valence electrons. The summed E-state index contributed by atoms with van der Waals surface area (Å²) in [4.78, 5) is 14.6. The third-order valence-corrected chi connectivity index (χ3v) is 3.85. The van der Waals surface area contributed by atoms with Crippen molar-refractivity contribution in [3.63, 3.8) is 0 Å². The van der Waals surface area contributed by atoms with Gasteiger partial charge in [-0.05, 0) is 57.4 Å². The van der Waals surface area contributed by atoms with E-state index in [-0.39, 0.29) is 12.5 Å². The Hall–Kier alpha value is -1.95. The summed E-state index contributed by atoms with van der Waals surface area (Å²) >= 11 is 0. The molecule has 0 aromatic heterocycles. The second-order valence-electron chi connectivity index (χ2n) is 5.36. The molecule has 1 heterocycles. The Morgan fingerprint density at radius 1 is 1.30 bits per heavy atom. The number of nitrogens with zero attached hydrogens (tertiary/aromatic N) is 1. The van der Waals surface area contributed by atoms with Crippen molar-refractivity contribution >= 4 is 5.91 Å². The van der Waals surface area contributed by atoms with Gasteiger partial charge in [-0.25, -0.2) is 0 Å². The van der Waals surface area contributed by atoms with Crippen LogP contribution in [-0.2, 0) is 0 Å². The average molecular weight is 271 g/mol. The molecule has 1 amide bonds. The first-order chi connectivity index (χ1) is 9.63. The van der Waals surface area contributed by atoms with E-state index >= 15 is 0 Å². The molecular weight excluding hydrogens is 250 g/mol. The molecule has 3 heteroatoms. The quantitative estimate of drug-likeness (QED) is 0.791. The van der Waals surface area contributed by atoms with Crippen LogP contribution in [0.1, 0.15) is 43.5 Å². The van der Waals surface area contributed by atoms with Gasteiger partial charge in [0.05, 0.1) is 0 Å². The molecule has 2 rings (SSSR count). The molecule has 2 unspecified atom stereocenters. The Bertz CT molecular complexity index is 491. The number of piperidine rings is 1. The van der Waals surface area contributed by atoms with Gasteiger partial charge < -0.3 is 9.64 Å². The second kappa shape index (κ2) is 6.47.